The van der Waals surface area contributed by atoms with Gasteiger partial charge in [-0.1, -0.05) is 96.4 Å². The molecule has 51 heavy (non-hydrogen) atoms. The molecule has 0 amide bonds. The van der Waals surface area contributed by atoms with Gasteiger partial charge in [0, 0.05) is 17.0 Å². The van der Waals surface area contributed by atoms with Gasteiger partial charge in [-0.05, 0) is 45.9 Å². The number of rotatable bonds is 0. The van der Waals surface area contributed by atoms with Crippen molar-refractivity contribution in [2.75, 3.05) is 0 Å². The second-order valence-corrected chi connectivity index (χ2v) is 14.7. The van der Waals surface area contributed by atoms with Crippen molar-refractivity contribution < 1.29 is 33.0 Å². The summed E-state index contributed by atoms with van der Waals surface area (Å²) in [6.07, 6.45) is 19.0. The molecule has 268 valence electrons. The van der Waals surface area contributed by atoms with E-state index in [9.17, 15) is 8.78 Å². The molecule has 5 heteroatoms. The van der Waals surface area contributed by atoms with E-state index in [1.807, 2.05) is 0 Å². The predicted octanol–water partition coefficient (Wildman–Crippen LogP) is 12.7. The van der Waals surface area contributed by atoms with Gasteiger partial charge in [-0.25, -0.2) is 20.9 Å². The molecule has 0 aromatic heterocycles. The molecule has 0 heterocycles. The van der Waals surface area contributed by atoms with Crippen LogP contribution in [-0.2, 0) is 41.5 Å². The summed E-state index contributed by atoms with van der Waals surface area (Å²) in [7, 11) is 0. The molecule has 0 nitrogen and oxygen atoms in total. The average Bonchev–Trinajstić information content (AvgIpc) is 3.81. The van der Waals surface area contributed by atoms with E-state index in [4.69, 9.17) is 0 Å². The third-order valence-corrected chi connectivity index (χ3v) is 9.01. The van der Waals surface area contributed by atoms with Crippen LogP contribution in [0.4, 0.5) is 8.78 Å². The van der Waals surface area contributed by atoms with E-state index < -0.39 is 0 Å². The Balaban J connectivity index is 0.000000268. The molecule has 0 saturated heterocycles. The van der Waals surface area contributed by atoms with Crippen LogP contribution >= 0.6 is 24.8 Å². The first-order chi connectivity index (χ1) is 23.1. The normalized spacial score (nSPS) is 16.6. The van der Waals surface area contributed by atoms with Gasteiger partial charge >= 0.3 is 28.4 Å². The molecule has 1 atom stereocenters. The maximum atomic E-state index is 11.9. The molecule has 4 aliphatic rings. The van der Waals surface area contributed by atoms with Gasteiger partial charge in [-0.2, -0.15) is 53.6 Å². The van der Waals surface area contributed by atoms with Crippen LogP contribution in [-0.4, -0.2) is 4.21 Å². The van der Waals surface area contributed by atoms with Crippen LogP contribution in [0.3, 0.4) is 0 Å². The van der Waals surface area contributed by atoms with Gasteiger partial charge in [0.05, 0.1) is 0 Å². The van der Waals surface area contributed by atoms with E-state index in [0.717, 1.165) is 6.42 Å². The molecular formula is C46H48Cl2F2Zr-4. The van der Waals surface area contributed by atoms with Crippen LogP contribution < -0.4 is 0 Å². The Kier molecular flexibility index (Phi) is 16.2. The first kappa shape index (κ1) is 44.2. The molecule has 0 spiro atoms. The number of fused-ring (bicyclic) bond motifs is 5. The summed E-state index contributed by atoms with van der Waals surface area (Å²) in [6, 6.07) is 26.6. The minimum atomic E-state index is -0.209. The first-order valence-electron chi connectivity index (χ1n) is 16.7. The third kappa shape index (κ3) is 11.3. The van der Waals surface area contributed by atoms with Crippen LogP contribution in [0.25, 0.3) is 23.3 Å². The van der Waals surface area contributed by atoms with E-state index in [1.54, 1.807) is 0 Å². The summed E-state index contributed by atoms with van der Waals surface area (Å²) in [4.78, 5) is 0. The fraction of sp³-hybridized carbons (Fsp3) is 0.283. The van der Waals surface area contributed by atoms with Crippen molar-refractivity contribution in [3.05, 3.63) is 166 Å². The van der Waals surface area contributed by atoms with Gasteiger partial charge < -0.3 is 0 Å². The van der Waals surface area contributed by atoms with Crippen molar-refractivity contribution in [3.63, 3.8) is 0 Å². The molecule has 4 aliphatic carbocycles. The Bertz CT molecular complexity index is 1760. The molecule has 0 bridgehead atoms. The number of hydrogen-bond acceptors (Lipinski definition) is 0. The molecule has 1 unspecified atom stereocenters. The van der Waals surface area contributed by atoms with Crippen molar-refractivity contribution in [2.24, 2.45) is 11.3 Å². The molecule has 0 N–H and O–H groups in total. The number of benzene rings is 4. The van der Waals surface area contributed by atoms with Crippen LogP contribution in [0.1, 0.15) is 88.8 Å². The SMILES string of the molecule is CC1(C)[C-]=Cc2cc3c(cc21)Cc1cc2c(cc1-3)C=CC2(C)C.CC1[C-]=CC(C(C)(C)C)=C1.Cl.Cl.Fc1cc[c-]cc1.Fc1cc[c-]cc1.[CH2]=[Zr]. The standard InChI is InChI=1S/C23H21.C10H15.2C6H4F.CH2.2ClH.Zr/c1-22(2)7-5-14-10-18-16(12-20(14)22)9-17-13-21-15(11-19(17)18)6-8-23(21,3)4;1-8-5-6-9(7-8)10(2,3)4;2*7-6-4-2-1-3-5-6;;;;/h5-7,10-13H,9H2,1-4H3;6-8H,1-4H3;2*2-5H;1H2;2*1H;/q4*-1;;;;. The maximum absolute atomic E-state index is 11.9. The average molecular weight is 801 g/mol. The topological polar surface area (TPSA) is 0 Å². The van der Waals surface area contributed by atoms with Crippen LogP contribution in [0.2, 0.25) is 0 Å². The zero-order chi connectivity index (χ0) is 36.0. The van der Waals surface area contributed by atoms with Gasteiger partial charge in [-0.3, -0.25) is 12.2 Å². The van der Waals surface area contributed by atoms with Crippen molar-refractivity contribution >= 4 is 41.2 Å². The van der Waals surface area contributed by atoms with E-state index in [1.165, 1.54) is 123 Å². The monoisotopic (exact) mass is 798 g/mol. The summed E-state index contributed by atoms with van der Waals surface area (Å²) in [5, 5.41) is 0. The van der Waals surface area contributed by atoms with Crippen LogP contribution in [0.15, 0.2) is 96.6 Å². The fourth-order valence-corrected chi connectivity index (χ4v) is 6.19. The predicted molar refractivity (Wildman–Crippen MR) is 214 cm³/mol. The second kappa shape index (κ2) is 18.7. The summed E-state index contributed by atoms with van der Waals surface area (Å²) >= 11 is 1.30. The Morgan fingerprint density at radius 1 is 0.745 bits per heavy atom. The van der Waals surface area contributed by atoms with Crippen LogP contribution in [0, 0.1) is 47.3 Å². The quantitative estimate of drug-likeness (QED) is 0.137. The molecule has 0 radical (unpaired) electrons. The molecule has 0 aliphatic heterocycles. The van der Waals surface area contributed by atoms with Gasteiger partial charge in [0.2, 0.25) is 0 Å². The van der Waals surface area contributed by atoms with Crippen LogP contribution in [0.5, 0.6) is 0 Å². The Hall–Kier alpha value is -2.97. The molecular weight excluding hydrogens is 753 g/mol. The Morgan fingerprint density at radius 2 is 1.24 bits per heavy atom. The molecule has 0 saturated carbocycles. The minimum absolute atomic E-state index is 0. The summed E-state index contributed by atoms with van der Waals surface area (Å²) in [6.45, 7) is 18.0. The summed E-state index contributed by atoms with van der Waals surface area (Å²) in [5.41, 5.74) is 13.4. The number of hydrogen-bond donors (Lipinski definition) is 0. The fourth-order valence-electron chi connectivity index (χ4n) is 6.19. The summed E-state index contributed by atoms with van der Waals surface area (Å²) in [5.74, 6) is 0.103. The number of halogens is 4. The van der Waals surface area contributed by atoms with Gasteiger partial charge in [0.1, 0.15) is 0 Å². The van der Waals surface area contributed by atoms with E-state index in [-0.39, 0.29) is 47.3 Å². The molecule has 4 aromatic carbocycles. The molecule has 8 rings (SSSR count). The molecule has 0 fully saturated rings. The van der Waals surface area contributed by atoms with Crippen molar-refractivity contribution in [2.45, 2.75) is 72.6 Å². The van der Waals surface area contributed by atoms with Crippen molar-refractivity contribution in [3.8, 4) is 11.1 Å². The molecule has 4 aromatic rings. The zero-order valence-corrected chi connectivity index (χ0v) is 35.0. The van der Waals surface area contributed by atoms with Gasteiger partial charge in [-0.15, -0.1) is 60.7 Å². The van der Waals surface area contributed by atoms with Crippen molar-refractivity contribution in [1.29, 1.82) is 0 Å². The van der Waals surface area contributed by atoms with E-state index in [0.29, 0.717) is 11.3 Å². The van der Waals surface area contributed by atoms with Crippen molar-refractivity contribution in [1.82, 2.24) is 0 Å². The second-order valence-electron chi connectivity index (χ2n) is 14.7. The number of allylic oxidation sites excluding steroid dienone is 6. The first-order valence-corrected chi connectivity index (χ1v) is 18.4. The zero-order valence-electron chi connectivity index (χ0n) is 30.9. The van der Waals surface area contributed by atoms with E-state index >= 15 is 0 Å². The Morgan fingerprint density at radius 3 is 1.65 bits per heavy atom. The van der Waals surface area contributed by atoms with Gasteiger partial charge in [0.25, 0.3) is 0 Å². The Labute approximate surface area is 333 Å². The van der Waals surface area contributed by atoms with Gasteiger partial charge in [0.15, 0.2) is 0 Å². The summed E-state index contributed by atoms with van der Waals surface area (Å²) < 4.78 is 27.1. The third-order valence-electron chi connectivity index (χ3n) is 9.01. The van der Waals surface area contributed by atoms with E-state index in [2.05, 4.69) is 139 Å².